The molecule has 0 bridgehead atoms. The van der Waals surface area contributed by atoms with Gasteiger partial charge in [-0.2, -0.15) is 0 Å². The molecular formula is C15H23BrN2O2. The lowest BCUT2D eigenvalue weighted by Crippen LogP contribution is -2.34. The fourth-order valence-corrected chi connectivity index (χ4v) is 2.28. The van der Waals surface area contributed by atoms with E-state index in [2.05, 4.69) is 35.1 Å². The maximum absolute atomic E-state index is 11.8. The van der Waals surface area contributed by atoms with Crippen molar-refractivity contribution in [1.82, 2.24) is 9.88 Å². The van der Waals surface area contributed by atoms with E-state index in [0.717, 1.165) is 17.3 Å². The van der Waals surface area contributed by atoms with Gasteiger partial charge in [0.05, 0.1) is 0 Å². The number of amides is 1. The summed E-state index contributed by atoms with van der Waals surface area (Å²) in [6, 6.07) is 3.38. The molecule has 0 saturated carbocycles. The average Bonchev–Trinajstić information content (AvgIpc) is 2.37. The second-order valence-corrected chi connectivity index (χ2v) is 6.48. The van der Waals surface area contributed by atoms with Gasteiger partial charge in [0, 0.05) is 35.7 Å². The third kappa shape index (κ3) is 6.37. The van der Waals surface area contributed by atoms with Crippen molar-refractivity contribution in [1.29, 1.82) is 0 Å². The van der Waals surface area contributed by atoms with Crippen molar-refractivity contribution in [3.8, 4) is 0 Å². The van der Waals surface area contributed by atoms with Crippen LogP contribution in [0.4, 0.5) is 0 Å². The van der Waals surface area contributed by atoms with Crippen LogP contribution in [0.5, 0.6) is 0 Å². The van der Waals surface area contributed by atoms with E-state index in [1.54, 1.807) is 16.8 Å². The molecule has 0 fully saturated rings. The number of halogens is 1. The van der Waals surface area contributed by atoms with E-state index in [0.29, 0.717) is 18.9 Å². The second kappa shape index (κ2) is 8.25. The van der Waals surface area contributed by atoms with Crippen molar-refractivity contribution in [2.75, 3.05) is 0 Å². The molecule has 0 aliphatic carbocycles. The SMILES string of the molecule is CC(C)CCC(C)NC(=O)CCn1cc(Br)ccc1=O. The minimum Gasteiger partial charge on any atom is -0.354 e. The Labute approximate surface area is 128 Å². The molecule has 1 amide bonds. The Balaban J connectivity index is 2.39. The van der Waals surface area contributed by atoms with Gasteiger partial charge in [-0.05, 0) is 47.7 Å². The van der Waals surface area contributed by atoms with E-state index >= 15 is 0 Å². The predicted octanol–water partition coefficient (Wildman–Crippen LogP) is 2.94. The zero-order valence-electron chi connectivity index (χ0n) is 12.4. The van der Waals surface area contributed by atoms with E-state index < -0.39 is 0 Å². The van der Waals surface area contributed by atoms with Gasteiger partial charge in [0.1, 0.15) is 0 Å². The smallest absolute Gasteiger partial charge is 0.250 e. The summed E-state index contributed by atoms with van der Waals surface area (Å²) in [5.41, 5.74) is -0.0890. The van der Waals surface area contributed by atoms with Crippen molar-refractivity contribution < 1.29 is 4.79 Å². The molecule has 1 heterocycles. The summed E-state index contributed by atoms with van der Waals surface area (Å²) in [7, 11) is 0. The lowest BCUT2D eigenvalue weighted by molar-refractivity contribution is -0.122. The van der Waals surface area contributed by atoms with Crippen molar-refractivity contribution in [2.24, 2.45) is 5.92 Å². The van der Waals surface area contributed by atoms with Gasteiger partial charge in [-0.25, -0.2) is 0 Å². The number of aryl methyl sites for hydroxylation is 1. The summed E-state index contributed by atoms with van der Waals surface area (Å²) in [5.74, 6) is 0.641. The first-order chi connectivity index (χ1) is 9.38. The number of carbonyl (C=O) groups is 1. The maximum Gasteiger partial charge on any atom is 0.250 e. The van der Waals surface area contributed by atoms with Crippen LogP contribution < -0.4 is 10.9 Å². The predicted molar refractivity (Wildman–Crippen MR) is 84.7 cm³/mol. The Hall–Kier alpha value is -1.10. The molecule has 4 nitrogen and oxygen atoms in total. The molecule has 5 heteroatoms. The fourth-order valence-electron chi connectivity index (χ4n) is 1.90. The molecule has 0 saturated heterocycles. The minimum atomic E-state index is -0.0890. The summed E-state index contributed by atoms with van der Waals surface area (Å²) in [6.07, 6.45) is 4.12. The number of hydrogen-bond donors (Lipinski definition) is 1. The molecule has 0 radical (unpaired) electrons. The van der Waals surface area contributed by atoms with E-state index in [1.807, 2.05) is 6.92 Å². The van der Waals surface area contributed by atoms with Gasteiger partial charge in [-0.3, -0.25) is 9.59 Å². The lowest BCUT2D eigenvalue weighted by atomic mass is 10.0. The van der Waals surface area contributed by atoms with Crippen molar-refractivity contribution in [3.63, 3.8) is 0 Å². The van der Waals surface area contributed by atoms with E-state index in [1.165, 1.54) is 6.07 Å². The third-order valence-electron chi connectivity index (χ3n) is 3.11. The summed E-state index contributed by atoms with van der Waals surface area (Å²) >= 11 is 3.32. The van der Waals surface area contributed by atoms with Gasteiger partial charge in [-0.1, -0.05) is 13.8 Å². The number of rotatable bonds is 7. The zero-order valence-corrected chi connectivity index (χ0v) is 13.9. The Morgan fingerprint density at radius 1 is 1.30 bits per heavy atom. The number of nitrogens with one attached hydrogen (secondary N) is 1. The first-order valence-electron chi connectivity index (χ1n) is 7.04. The summed E-state index contributed by atoms with van der Waals surface area (Å²) < 4.78 is 2.38. The van der Waals surface area contributed by atoms with Gasteiger partial charge in [0.25, 0.3) is 5.56 Å². The molecule has 0 aliphatic heterocycles. The Morgan fingerprint density at radius 2 is 2.00 bits per heavy atom. The Morgan fingerprint density at radius 3 is 2.65 bits per heavy atom. The number of aromatic nitrogens is 1. The molecule has 1 aromatic heterocycles. The number of carbonyl (C=O) groups excluding carboxylic acids is 1. The normalized spacial score (nSPS) is 12.4. The molecule has 1 N–H and O–H groups in total. The van der Waals surface area contributed by atoms with E-state index in [-0.39, 0.29) is 17.5 Å². The van der Waals surface area contributed by atoms with Gasteiger partial charge in [0.2, 0.25) is 5.91 Å². The number of nitrogens with zero attached hydrogens (tertiary/aromatic N) is 1. The van der Waals surface area contributed by atoms with Crippen molar-refractivity contribution >= 4 is 21.8 Å². The molecule has 1 unspecified atom stereocenters. The van der Waals surface area contributed by atoms with Crippen LogP contribution in [0.15, 0.2) is 27.6 Å². The fraction of sp³-hybridized carbons (Fsp3) is 0.600. The molecule has 1 atom stereocenters. The quantitative estimate of drug-likeness (QED) is 0.828. The summed E-state index contributed by atoms with van der Waals surface area (Å²) in [6.45, 7) is 6.77. The zero-order chi connectivity index (χ0) is 15.1. The van der Waals surface area contributed by atoms with Crippen LogP contribution in [-0.2, 0) is 11.3 Å². The average molecular weight is 343 g/mol. The van der Waals surface area contributed by atoms with Crippen LogP contribution in [0.1, 0.15) is 40.0 Å². The molecule has 0 aromatic carbocycles. The van der Waals surface area contributed by atoms with Gasteiger partial charge < -0.3 is 9.88 Å². The number of hydrogen-bond acceptors (Lipinski definition) is 2. The summed E-state index contributed by atoms with van der Waals surface area (Å²) in [4.78, 5) is 23.4. The van der Waals surface area contributed by atoms with Gasteiger partial charge in [0.15, 0.2) is 0 Å². The molecule has 0 spiro atoms. The molecular weight excluding hydrogens is 320 g/mol. The van der Waals surface area contributed by atoms with Gasteiger partial charge >= 0.3 is 0 Å². The third-order valence-corrected chi connectivity index (χ3v) is 3.58. The Kier molecular flexibility index (Phi) is 6.99. The first-order valence-corrected chi connectivity index (χ1v) is 7.83. The van der Waals surface area contributed by atoms with Crippen LogP contribution in [0.25, 0.3) is 0 Å². The highest BCUT2D eigenvalue weighted by Crippen LogP contribution is 2.07. The van der Waals surface area contributed by atoms with Crippen LogP contribution in [0.3, 0.4) is 0 Å². The van der Waals surface area contributed by atoms with Crippen LogP contribution >= 0.6 is 15.9 Å². The van der Waals surface area contributed by atoms with Crippen LogP contribution in [0, 0.1) is 5.92 Å². The standard InChI is InChI=1S/C15H23BrN2O2/c1-11(2)4-5-12(3)17-14(19)8-9-18-10-13(16)6-7-15(18)20/h6-7,10-12H,4-5,8-9H2,1-3H3,(H,17,19). The molecule has 1 aromatic rings. The second-order valence-electron chi connectivity index (χ2n) is 5.57. The highest BCUT2D eigenvalue weighted by molar-refractivity contribution is 9.10. The van der Waals surface area contributed by atoms with Crippen molar-refractivity contribution in [2.45, 2.75) is 52.6 Å². The Bertz CT molecular complexity index is 497. The lowest BCUT2D eigenvalue weighted by Gasteiger charge is -2.15. The largest absolute Gasteiger partial charge is 0.354 e. The van der Waals surface area contributed by atoms with Crippen LogP contribution in [0.2, 0.25) is 0 Å². The van der Waals surface area contributed by atoms with E-state index in [9.17, 15) is 9.59 Å². The first kappa shape index (κ1) is 17.0. The molecule has 112 valence electrons. The van der Waals surface area contributed by atoms with E-state index in [4.69, 9.17) is 0 Å². The molecule has 1 rings (SSSR count). The number of pyridine rings is 1. The minimum absolute atomic E-state index is 0.00636. The van der Waals surface area contributed by atoms with Gasteiger partial charge in [-0.15, -0.1) is 0 Å². The topological polar surface area (TPSA) is 51.1 Å². The highest BCUT2D eigenvalue weighted by atomic mass is 79.9. The molecule has 0 aliphatic rings. The van der Waals surface area contributed by atoms with Crippen molar-refractivity contribution in [3.05, 3.63) is 33.2 Å². The monoisotopic (exact) mass is 342 g/mol. The highest BCUT2D eigenvalue weighted by Gasteiger charge is 2.08. The summed E-state index contributed by atoms with van der Waals surface area (Å²) in [5, 5.41) is 2.97. The van der Waals surface area contributed by atoms with Crippen LogP contribution in [-0.4, -0.2) is 16.5 Å². The molecule has 20 heavy (non-hydrogen) atoms. The maximum atomic E-state index is 11.8.